The lowest BCUT2D eigenvalue weighted by atomic mass is 10.3. The summed E-state index contributed by atoms with van der Waals surface area (Å²) in [6.07, 6.45) is 1.23. The van der Waals surface area contributed by atoms with E-state index in [1.165, 1.54) is 0 Å². The molecule has 0 aliphatic heterocycles. The number of halogens is 1. The summed E-state index contributed by atoms with van der Waals surface area (Å²) in [4.78, 5) is 5.12. The maximum Gasteiger partial charge on any atom is 0.138 e. The van der Waals surface area contributed by atoms with E-state index in [0.717, 1.165) is 4.88 Å². The molecule has 19 heavy (non-hydrogen) atoms. The molecule has 0 saturated carbocycles. The van der Waals surface area contributed by atoms with Gasteiger partial charge in [-0.25, -0.2) is 0 Å². The average Bonchev–Trinajstić information content (AvgIpc) is 2.91. The van der Waals surface area contributed by atoms with Crippen LogP contribution in [0.4, 0.5) is 0 Å². The average molecular weight is 299 g/mol. The van der Waals surface area contributed by atoms with E-state index < -0.39 is 6.10 Å². The highest BCUT2D eigenvalue weighted by molar-refractivity contribution is 7.09. The number of aliphatic hydroxyl groups excluding tert-OH is 1. The van der Waals surface area contributed by atoms with E-state index in [4.69, 9.17) is 16.3 Å². The molecule has 4 nitrogen and oxygen atoms in total. The number of nitrogens with one attached hydrogen (secondary N) is 1. The third-order valence-electron chi connectivity index (χ3n) is 2.43. The second kappa shape index (κ2) is 7.45. The summed E-state index contributed by atoms with van der Waals surface area (Å²) < 4.78 is 5.45. The topological polar surface area (TPSA) is 54.4 Å². The molecule has 1 unspecified atom stereocenters. The molecular weight excluding hydrogens is 284 g/mol. The van der Waals surface area contributed by atoms with Gasteiger partial charge in [-0.05, 0) is 12.1 Å². The molecule has 102 valence electrons. The van der Waals surface area contributed by atoms with Crippen molar-refractivity contribution in [1.29, 1.82) is 0 Å². The number of benzene rings is 1. The van der Waals surface area contributed by atoms with E-state index in [2.05, 4.69) is 10.3 Å². The number of aromatic nitrogens is 1. The fourth-order valence-corrected chi connectivity index (χ4v) is 2.25. The smallest absolute Gasteiger partial charge is 0.138 e. The van der Waals surface area contributed by atoms with Gasteiger partial charge in [0.2, 0.25) is 0 Å². The van der Waals surface area contributed by atoms with Crippen LogP contribution in [0.1, 0.15) is 4.88 Å². The normalized spacial score (nSPS) is 12.3. The summed E-state index contributed by atoms with van der Waals surface area (Å²) in [6.45, 7) is 1.37. The first-order valence-corrected chi connectivity index (χ1v) is 7.15. The van der Waals surface area contributed by atoms with Gasteiger partial charge >= 0.3 is 0 Å². The van der Waals surface area contributed by atoms with Gasteiger partial charge in [0.15, 0.2) is 0 Å². The van der Waals surface area contributed by atoms with Gasteiger partial charge in [-0.3, -0.25) is 4.98 Å². The van der Waals surface area contributed by atoms with Gasteiger partial charge in [-0.1, -0.05) is 23.7 Å². The molecule has 0 saturated heterocycles. The van der Waals surface area contributed by atoms with Gasteiger partial charge in [0.1, 0.15) is 18.5 Å². The van der Waals surface area contributed by atoms with Crippen LogP contribution in [-0.2, 0) is 6.54 Å². The standard InChI is InChI=1S/C13H15ClN2O2S/c14-12-3-1-2-4-13(12)18-8-10(17)5-15-6-11-7-16-9-19-11/h1-4,7,9-10,15,17H,5-6,8H2. The molecule has 2 rings (SSSR count). The summed E-state index contributed by atoms with van der Waals surface area (Å²) in [5.41, 5.74) is 1.79. The van der Waals surface area contributed by atoms with Gasteiger partial charge in [0.25, 0.3) is 0 Å². The van der Waals surface area contributed by atoms with Crippen molar-refractivity contribution < 1.29 is 9.84 Å². The van der Waals surface area contributed by atoms with Gasteiger partial charge in [-0.2, -0.15) is 0 Å². The van der Waals surface area contributed by atoms with Crippen molar-refractivity contribution in [1.82, 2.24) is 10.3 Å². The molecular formula is C13H15ClN2O2S. The molecule has 1 aromatic carbocycles. The van der Waals surface area contributed by atoms with Gasteiger partial charge in [0, 0.05) is 24.2 Å². The molecule has 2 aromatic rings. The largest absolute Gasteiger partial charge is 0.489 e. The van der Waals surface area contributed by atoms with Crippen molar-refractivity contribution in [3.05, 3.63) is 45.9 Å². The van der Waals surface area contributed by atoms with E-state index in [0.29, 0.717) is 23.9 Å². The third kappa shape index (κ3) is 4.80. The second-order valence-corrected chi connectivity index (χ2v) is 5.37. The predicted molar refractivity (Wildman–Crippen MR) is 76.8 cm³/mol. The summed E-state index contributed by atoms with van der Waals surface area (Å²) >= 11 is 7.53. The maximum absolute atomic E-state index is 9.79. The van der Waals surface area contributed by atoms with Crippen LogP contribution in [0, 0.1) is 0 Å². The first kappa shape index (κ1) is 14.3. The maximum atomic E-state index is 9.79. The van der Waals surface area contributed by atoms with Gasteiger partial charge in [-0.15, -0.1) is 11.3 Å². The summed E-state index contributed by atoms with van der Waals surface area (Å²) in [5, 5.41) is 13.5. The Labute approximate surface area is 121 Å². The minimum Gasteiger partial charge on any atom is -0.489 e. The molecule has 0 spiro atoms. The lowest BCUT2D eigenvalue weighted by Crippen LogP contribution is -2.31. The summed E-state index contributed by atoms with van der Waals surface area (Å²) in [6, 6.07) is 7.21. The number of hydrogen-bond acceptors (Lipinski definition) is 5. The van der Waals surface area contributed by atoms with Crippen molar-refractivity contribution >= 4 is 22.9 Å². The number of aliphatic hydroxyl groups is 1. The van der Waals surface area contributed by atoms with Crippen LogP contribution < -0.4 is 10.1 Å². The number of rotatable bonds is 7. The van der Waals surface area contributed by atoms with Crippen LogP contribution in [0.15, 0.2) is 36.0 Å². The first-order valence-electron chi connectivity index (χ1n) is 5.89. The van der Waals surface area contributed by atoms with Crippen molar-refractivity contribution in [2.75, 3.05) is 13.2 Å². The number of thiazole rings is 1. The Morgan fingerprint density at radius 1 is 1.42 bits per heavy atom. The zero-order valence-electron chi connectivity index (χ0n) is 10.3. The number of ether oxygens (including phenoxy) is 1. The van der Waals surface area contributed by atoms with E-state index in [9.17, 15) is 5.11 Å². The first-order chi connectivity index (χ1) is 9.25. The van der Waals surface area contributed by atoms with Crippen LogP contribution in [-0.4, -0.2) is 29.3 Å². The Morgan fingerprint density at radius 3 is 3.00 bits per heavy atom. The Bertz CT molecular complexity index is 493. The van der Waals surface area contributed by atoms with Crippen LogP contribution >= 0.6 is 22.9 Å². The molecule has 1 heterocycles. The highest BCUT2D eigenvalue weighted by Gasteiger charge is 2.07. The lowest BCUT2D eigenvalue weighted by molar-refractivity contribution is 0.106. The van der Waals surface area contributed by atoms with Gasteiger partial charge < -0.3 is 15.2 Å². The monoisotopic (exact) mass is 298 g/mol. The van der Waals surface area contributed by atoms with Crippen molar-refractivity contribution in [3.8, 4) is 5.75 Å². The highest BCUT2D eigenvalue weighted by Crippen LogP contribution is 2.23. The zero-order chi connectivity index (χ0) is 13.5. The molecule has 0 fully saturated rings. The molecule has 0 aliphatic carbocycles. The molecule has 1 aromatic heterocycles. The van der Waals surface area contributed by atoms with Crippen molar-refractivity contribution in [3.63, 3.8) is 0 Å². The van der Waals surface area contributed by atoms with Crippen LogP contribution in [0.25, 0.3) is 0 Å². The fourth-order valence-electron chi connectivity index (χ4n) is 1.50. The van der Waals surface area contributed by atoms with Crippen LogP contribution in [0.3, 0.4) is 0 Å². The zero-order valence-corrected chi connectivity index (χ0v) is 11.8. The minimum absolute atomic E-state index is 0.208. The number of hydrogen-bond donors (Lipinski definition) is 2. The Morgan fingerprint density at radius 2 is 2.26 bits per heavy atom. The van der Waals surface area contributed by atoms with Crippen molar-refractivity contribution in [2.45, 2.75) is 12.6 Å². The molecule has 0 amide bonds. The minimum atomic E-state index is -0.579. The predicted octanol–water partition coefficient (Wildman–Crippen LogP) is 2.33. The second-order valence-electron chi connectivity index (χ2n) is 3.99. The Kier molecular flexibility index (Phi) is 5.60. The van der Waals surface area contributed by atoms with Crippen molar-refractivity contribution in [2.24, 2.45) is 0 Å². The molecule has 0 bridgehead atoms. The molecule has 1 atom stereocenters. The number of para-hydroxylation sites is 1. The molecule has 0 radical (unpaired) electrons. The molecule has 2 N–H and O–H groups in total. The summed E-state index contributed by atoms with van der Waals surface area (Å²) in [5.74, 6) is 0.589. The van der Waals surface area contributed by atoms with E-state index in [-0.39, 0.29) is 6.61 Å². The highest BCUT2D eigenvalue weighted by atomic mass is 35.5. The SMILES string of the molecule is OC(CNCc1cncs1)COc1ccccc1Cl. The third-order valence-corrected chi connectivity index (χ3v) is 3.52. The quantitative estimate of drug-likeness (QED) is 0.824. The summed E-state index contributed by atoms with van der Waals surface area (Å²) in [7, 11) is 0. The lowest BCUT2D eigenvalue weighted by Gasteiger charge is -2.13. The molecule has 0 aliphatic rings. The number of nitrogens with zero attached hydrogens (tertiary/aromatic N) is 1. The van der Waals surface area contributed by atoms with E-state index in [1.807, 2.05) is 18.3 Å². The Balaban J connectivity index is 1.67. The van der Waals surface area contributed by atoms with E-state index >= 15 is 0 Å². The van der Waals surface area contributed by atoms with Gasteiger partial charge in [0.05, 0.1) is 10.5 Å². The van der Waals surface area contributed by atoms with E-state index in [1.54, 1.807) is 29.0 Å². The van der Waals surface area contributed by atoms with Crippen LogP contribution in [0.5, 0.6) is 5.75 Å². The molecule has 6 heteroatoms. The van der Waals surface area contributed by atoms with Crippen LogP contribution in [0.2, 0.25) is 5.02 Å². The Hall–Kier alpha value is -1.14. The fraction of sp³-hybridized carbons (Fsp3) is 0.308.